The highest BCUT2D eigenvalue weighted by molar-refractivity contribution is 6.02. The van der Waals surface area contributed by atoms with E-state index < -0.39 is 5.91 Å². The Balaban J connectivity index is 0.00000132. The van der Waals surface area contributed by atoms with E-state index in [1.807, 2.05) is 34.9 Å². The van der Waals surface area contributed by atoms with E-state index in [0.717, 1.165) is 16.6 Å². The molecule has 4 N–H and O–H groups in total. The molecule has 0 fully saturated rings. The van der Waals surface area contributed by atoms with Crippen LogP contribution in [0.5, 0.6) is 0 Å². The zero-order valence-corrected chi connectivity index (χ0v) is 13.6. The average molecular weight is 352 g/mol. The minimum atomic E-state index is -0.466. The van der Waals surface area contributed by atoms with Crippen molar-refractivity contribution in [1.82, 2.24) is 9.55 Å². The normalized spacial score (nSPS) is 9.57. The Morgan fingerprint density at radius 2 is 1.83 bits per heavy atom. The second-order valence-electron chi connectivity index (χ2n) is 4.50. The van der Waals surface area contributed by atoms with Crippen LogP contribution in [0, 0.1) is 0 Å². The van der Waals surface area contributed by atoms with Crippen molar-refractivity contribution in [2.75, 3.05) is 0 Å². The number of halogens is 2. The minimum Gasteiger partial charge on any atom is -0.370 e. The summed E-state index contributed by atoms with van der Waals surface area (Å²) in [6, 6.07) is 11.4. The van der Waals surface area contributed by atoms with Gasteiger partial charge in [-0.2, -0.15) is 4.99 Å². The number of guanidine groups is 1. The fourth-order valence-corrected chi connectivity index (χ4v) is 2.16. The van der Waals surface area contributed by atoms with Crippen LogP contribution in [0.2, 0.25) is 0 Å². The van der Waals surface area contributed by atoms with Gasteiger partial charge in [0, 0.05) is 24.0 Å². The summed E-state index contributed by atoms with van der Waals surface area (Å²) in [7, 11) is 0. The zero-order valence-electron chi connectivity index (χ0n) is 11.9. The second-order valence-corrected chi connectivity index (χ2v) is 4.50. The highest BCUT2D eigenvalue weighted by Crippen LogP contribution is 2.21. The molecule has 3 aromatic rings. The summed E-state index contributed by atoms with van der Waals surface area (Å²) < 4.78 is 1.85. The van der Waals surface area contributed by atoms with Crippen LogP contribution in [-0.2, 0) is 0 Å². The van der Waals surface area contributed by atoms with Crippen LogP contribution in [0.1, 0.15) is 10.4 Å². The van der Waals surface area contributed by atoms with E-state index in [-0.39, 0.29) is 30.8 Å². The van der Waals surface area contributed by atoms with Gasteiger partial charge >= 0.3 is 0 Å². The number of amides is 1. The molecule has 0 bridgehead atoms. The molecule has 0 aliphatic heterocycles. The highest BCUT2D eigenvalue weighted by atomic mass is 35.5. The minimum absolute atomic E-state index is 0. The predicted octanol–water partition coefficient (Wildman–Crippen LogP) is 2.28. The lowest BCUT2D eigenvalue weighted by atomic mass is 10.2. The van der Waals surface area contributed by atoms with Crippen LogP contribution in [-0.4, -0.2) is 21.4 Å². The molecule has 8 heteroatoms. The van der Waals surface area contributed by atoms with E-state index in [0.29, 0.717) is 5.56 Å². The maximum Gasteiger partial charge on any atom is 0.281 e. The largest absolute Gasteiger partial charge is 0.370 e. The summed E-state index contributed by atoms with van der Waals surface area (Å²) in [5.74, 6) is -0.714. The molecule has 0 unspecified atom stereocenters. The number of pyridine rings is 1. The third kappa shape index (κ3) is 3.80. The van der Waals surface area contributed by atoms with E-state index in [1.165, 1.54) is 0 Å². The molecule has 0 atom stereocenters. The second kappa shape index (κ2) is 7.62. The summed E-state index contributed by atoms with van der Waals surface area (Å²) in [4.78, 5) is 19.6. The fourth-order valence-electron chi connectivity index (χ4n) is 2.16. The molecule has 0 saturated carbocycles. The SMILES string of the molecule is Cl.Cl.NC(N)=NC(=O)c1ccn(-c2ccnc3ccccc23)c1. The summed E-state index contributed by atoms with van der Waals surface area (Å²) in [6.45, 7) is 0. The summed E-state index contributed by atoms with van der Waals surface area (Å²) >= 11 is 0. The van der Waals surface area contributed by atoms with Gasteiger partial charge in [-0.1, -0.05) is 18.2 Å². The number of fused-ring (bicyclic) bond motifs is 1. The fraction of sp³-hybridized carbons (Fsp3) is 0. The molecule has 2 heterocycles. The molecule has 1 aromatic carbocycles. The van der Waals surface area contributed by atoms with Gasteiger partial charge in [0.05, 0.1) is 16.8 Å². The van der Waals surface area contributed by atoms with Crippen molar-refractivity contribution in [3.8, 4) is 5.69 Å². The highest BCUT2D eigenvalue weighted by Gasteiger charge is 2.09. The molecule has 0 saturated heterocycles. The molecular weight excluding hydrogens is 337 g/mol. The van der Waals surface area contributed by atoms with Gasteiger partial charge in [-0.05, 0) is 18.2 Å². The van der Waals surface area contributed by atoms with Crippen LogP contribution in [0.15, 0.2) is 60.0 Å². The third-order valence-electron chi connectivity index (χ3n) is 3.07. The maximum atomic E-state index is 11.8. The van der Waals surface area contributed by atoms with Crippen LogP contribution < -0.4 is 11.5 Å². The molecule has 2 aromatic heterocycles. The molecule has 0 radical (unpaired) electrons. The lowest BCUT2D eigenvalue weighted by Gasteiger charge is -2.06. The standard InChI is InChI=1S/C15H13N5O.2ClH/c16-15(17)19-14(21)10-6-8-20(9-10)13-5-7-18-12-4-2-1-3-11(12)13;;/h1-9H,(H4,16,17,19,21);2*1H. The molecule has 0 aliphatic rings. The first kappa shape index (κ1) is 18.5. The smallest absolute Gasteiger partial charge is 0.281 e. The lowest BCUT2D eigenvalue weighted by molar-refractivity contribution is 0.100. The molecule has 23 heavy (non-hydrogen) atoms. The number of para-hydroxylation sites is 1. The Bertz CT molecular complexity index is 850. The van der Waals surface area contributed by atoms with Crippen molar-refractivity contribution in [3.05, 3.63) is 60.6 Å². The zero-order chi connectivity index (χ0) is 14.8. The number of nitrogens with two attached hydrogens (primary N) is 2. The molecule has 1 amide bonds. The first-order valence-corrected chi connectivity index (χ1v) is 6.31. The number of hydrogen-bond donors (Lipinski definition) is 2. The average Bonchev–Trinajstić information content (AvgIpc) is 2.95. The van der Waals surface area contributed by atoms with E-state index in [4.69, 9.17) is 11.5 Å². The molecular formula is C15H15Cl2N5O. The molecule has 0 spiro atoms. The number of aliphatic imine (C=N–C) groups is 1. The van der Waals surface area contributed by atoms with Crippen LogP contribution >= 0.6 is 24.8 Å². The maximum absolute atomic E-state index is 11.8. The number of nitrogens with zero attached hydrogens (tertiary/aromatic N) is 3. The van der Waals surface area contributed by atoms with E-state index >= 15 is 0 Å². The topological polar surface area (TPSA) is 99.3 Å². The van der Waals surface area contributed by atoms with E-state index in [1.54, 1.807) is 24.7 Å². The number of carbonyl (C=O) groups excluding carboxylic acids is 1. The quantitative estimate of drug-likeness (QED) is 0.546. The lowest BCUT2D eigenvalue weighted by Crippen LogP contribution is -2.24. The number of aromatic nitrogens is 2. The van der Waals surface area contributed by atoms with Gasteiger partial charge in [-0.25, -0.2) is 0 Å². The Kier molecular flexibility index (Phi) is 6.12. The van der Waals surface area contributed by atoms with Crippen molar-refractivity contribution in [2.24, 2.45) is 16.5 Å². The van der Waals surface area contributed by atoms with Gasteiger partial charge in [0.15, 0.2) is 5.96 Å². The van der Waals surface area contributed by atoms with Crippen LogP contribution in [0.3, 0.4) is 0 Å². The van der Waals surface area contributed by atoms with Gasteiger partial charge in [0.2, 0.25) is 0 Å². The Labute approximate surface area is 145 Å². The van der Waals surface area contributed by atoms with Gasteiger partial charge < -0.3 is 16.0 Å². The number of carbonyl (C=O) groups is 1. The Morgan fingerprint density at radius 3 is 2.57 bits per heavy atom. The van der Waals surface area contributed by atoms with E-state index in [2.05, 4.69) is 9.98 Å². The predicted molar refractivity (Wildman–Crippen MR) is 95.7 cm³/mol. The summed E-state index contributed by atoms with van der Waals surface area (Å²) in [6.07, 6.45) is 5.21. The molecule has 3 rings (SSSR count). The van der Waals surface area contributed by atoms with Crippen LogP contribution in [0.25, 0.3) is 16.6 Å². The summed E-state index contributed by atoms with van der Waals surface area (Å²) in [5.41, 5.74) is 12.7. The first-order valence-electron chi connectivity index (χ1n) is 6.31. The first-order chi connectivity index (χ1) is 10.1. The monoisotopic (exact) mass is 351 g/mol. The van der Waals surface area contributed by atoms with Crippen molar-refractivity contribution >= 4 is 47.6 Å². The Morgan fingerprint density at radius 1 is 1.09 bits per heavy atom. The van der Waals surface area contributed by atoms with Crippen LogP contribution in [0.4, 0.5) is 0 Å². The van der Waals surface area contributed by atoms with Crippen molar-refractivity contribution < 1.29 is 4.79 Å². The van der Waals surface area contributed by atoms with Gasteiger partial charge in [0.1, 0.15) is 0 Å². The number of benzene rings is 1. The number of rotatable bonds is 2. The molecule has 6 nitrogen and oxygen atoms in total. The molecule has 0 aliphatic carbocycles. The number of hydrogen-bond acceptors (Lipinski definition) is 2. The van der Waals surface area contributed by atoms with Gasteiger partial charge in [-0.3, -0.25) is 9.78 Å². The van der Waals surface area contributed by atoms with Crippen molar-refractivity contribution in [2.45, 2.75) is 0 Å². The van der Waals surface area contributed by atoms with Crippen molar-refractivity contribution in [1.29, 1.82) is 0 Å². The van der Waals surface area contributed by atoms with E-state index in [9.17, 15) is 4.79 Å². The van der Waals surface area contributed by atoms with Gasteiger partial charge in [-0.15, -0.1) is 24.8 Å². The Hall–Kier alpha value is -2.57. The third-order valence-corrected chi connectivity index (χ3v) is 3.07. The molecule has 120 valence electrons. The summed E-state index contributed by atoms with van der Waals surface area (Å²) in [5, 5.41) is 0.997. The van der Waals surface area contributed by atoms with Gasteiger partial charge in [0.25, 0.3) is 5.91 Å². The van der Waals surface area contributed by atoms with Crippen molar-refractivity contribution in [3.63, 3.8) is 0 Å².